The molecule has 0 atom stereocenters. The van der Waals surface area contributed by atoms with Crippen LogP contribution < -0.4 is 10.6 Å². The molecule has 88 valence electrons. The molecule has 0 aromatic heterocycles. The minimum absolute atomic E-state index is 0.130. The zero-order chi connectivity index (χ0) is 12.0. The summed E-state index contributed by atoms with van der Waals surface area (Å²) < 4.78 is 0. The molecule has 4 heteroatoms. The normalized spacial score (nSPS) is 10.2. The number of hydrogen-bond acceptors (Lipinski definition) is 2. The van der Waals surface area contributed by atoms with E-state index in [1.807, 2.05) is 26.0 Å². The molecule has 0 unspecified atom stereocenters. The Morgan fingerprint density at radius 2 is 2.06 bits per heavy atom. The molecule has 1 aromatic carbocycles. The van der Waals surface area contributed by atoms with Crippen LogP contribution in [0.4, 0.5) is 4.79 Å². The fourth-order valence-electron chi connectivity index (χ4n) is 1.35. The second-order valence-electron chi connectivity index (χ2n) is 3.93. The predicted molar refractivity (Wildman–Crippen MR) is 63.5 cm³/mol. The number of benzene rings is 1. The van der Waals surface area contributed by atoms with E-state index >= 15 is 0 Å². The van der Waals surface area contributed by atoms with E-state index in [1.165, 1.54) is 0 Å². The lowest BCUT2D eigenvalue weighted by atomic mass is 10.1. The molecule has 2 amide bonds. The Labute approximate surface area is 95.7 Å². The summed E-state index contributed by atoms with van der Waals surface area (Å²) in [6.45, 7) is 4.32. The molecule has 1 rings (SSSR count). The van der Waals surface area contributed by atoms with Gasteiger partial charge in [-0.3, -0.25) is 0 Å². The Balaban J connectivity index is 2.31. The first-order chi connectivity index (χ1) is 7.59. The number of aromatic hydroxyl groups is 1. The monoisotopic (exact) mass is 222 g/mol. The molecule has 0 aliphatic carbocycles. The van der Waals surface area contributed by atoms with Crippen molar-refractivity contribution in [2.45, 2.75) is 26.3 Å². The van der Waals surface area contributed by atoms with Crippen LogP contribution in [0, 0.1) is 0 Å². The molecule has 0 fully saturated rings. The highest BCUT2D eigenvalue weighted by Crippen LogP contribution is 2.15. The first kappa shape index (κ1) is 12.4. The van der Waals surface area contributed by atoms with Crippen molar-refractivity contribution in [3.8, 4) is 5.75 Å². The number of urea groups is 1. The van der Waals surface area contributed by atoms with E-state index in [4.69, 9.17) is 0 Å². The van der Waals surface area contributed by atoms with Crippen LogP contribution >= 0.6 is 0 Å². The number of amides is 2. The molecular weight excluding hydrogens is 204 g/mol. The third kappa shape index (κ3) is 4.21. The summed E-state index contributed by atoms with van der Waals surface area (Å²) in [4.78, 5) is 11.2. The van der Waals surface area contributed by atoms with E-state index in [1.54, 1.807) is 12.1 Å². The second-order valence-corrected chi connectivity index (χ2v) is 3.93. The van der Waals surface area contributed by atoms with Gasteiger partial charge in [-0.1, -0.05) is 18.2 Å². The number of nitrogens with one attached hydrogen (secondary N) is 2. The SMILES string of the molecule is CC(C)NC(=O)NCCc1ccccc1O. The molecule has 0 aliphatic heterocycles. The molecule has 0 bridgehead atoms. The van der Waals surface area contributed by atoms with Crippen LogP contribution in [0.1, 0.15) is 19.4 Å². The number of hydrogen-bond donors (Lipinski definition) is 3. The zero-order valence-electron chi connectivity index (χ0n) is 9.66. The summed E-state index contributed by atoms with van der Waals surface area (Å²) in [6.07, 6.45) is 0.623. The largest absolute Gasteiger partial charge is 0.508 e. The average Bonchev–Trinajstić information content (AvgIpc) is 2.19. The molecule has 3 N–H and O–H groups in total. The Morgan fingerprint density at radius 1 is 1.38 bits per heavy atom. The Morgan fingerprint density at radius 3 is 2.69 bits per heavy atom. The van der Waals surface area contributed by atoms with Gasteiger partial charge in [-0.15, -0.1) is 0 Å². The number of phenols is 1. The van der Waals surface area contributed by atoms with E-state index < -0.39 is 0 Å². The highest BCUT2D eigenvalue weighted by molar-refractivity contribution is 5.74. The van der Waals surface area contributed by atoms with Crippen LogP contribution in [0.15, 0.2) is 24.3 Å². The quantitative estimate of drug-likeness (QED) is 0.725. The van der Waals surface area contributed by atoms with Gasteiger partial charge in [-0.25, -0.2) is 4.79 Å². The molecule has 4 nitrogen and oxygen atoms in total. The molecule has 0 spiro atoms. The lowest BCUT2D eigenvalue weighted by Gasteiger charge is -2.10. The lowest BCUT2D eigenvalue weighted by Crippen LogP contribution is -2.40. The summed E-state index contributed by atoms with van der Waals surface area (Å²) in [7, 11) is 0. The highest BCUT2D eigenvalue weighted by Gasteiger charge is 2.03. The van der Waals surface area contributed by atoms with E-state index in [0.29, 0.717) is 13.0 Å². The van der Waals surface area contributed by atoms with Crippen LogP contribution in [-0.2, 0) is 6.42 Å². The summed E-state index contributed by atoms with van der Waals surface area (Å²) in [5.41, 5.74) is 0.840. The number of carbonyl (C=O) groups excluding carboxylic acids is 1. The van der Waals surface area contributed by atoms with Gasteiger partial charge >= 0.3 is 6.03 Å². The minimum Gasteiger partial charge on any atom is -0.508 e. The smallest absolute Gasteiger partial charge is 0.314 e. The van der Waals surface area contributed by atoms with E-state index in [-0.39, 0.29) is 17.8 Å². The fourth-order valence-corrected chi connectivity index (χ4v) is 1.35. The van der Waals surface area contributed by atoms with E-state index in [2.05, 4.69) is 10.6 Å². The highest BCUT2D eigenvalue weighted by atomic mass is 16.3. The predicted octanol–water partition coefficient (Wildman–Crippen LogP) is 1.64. The third-order valence-electron chi connectivity index (χ3n) is 2.09. The maximum absolute atomic E-state index is 11.2. The van der Waals surface area contributed by atoms with E-state index in [0.717, 1.165) is 5.56 Å². The number of phenolic OH excluding ortho intramolecular Hbond substituents is 1. The molecule has 0 saturated carbocycles. The number of carbonyl (C=O) groups is 1. The van der Waals surface area contributed by atoms with Gasteiger partial charge in [0.1, 0.15) is 5.75 Å². The first-order valence-electron chi connectivity index (χ1n) is 5.41. The van der Waals surface area contributed by atoms with Crippen LogP contribution in [0.3, 0.4) is 0 Å². The average molecular weight is 222 g/mol. The standard InChI is InChI=1S/C12H18N2O2/c1-9(2)14-12(16)13-8-7-10-5-3-4-6-11(10)15/h3-6,9,15H,7-8H2,1-2H3,(H2,13,14,16). The van der Waals surface area contributed by atoms with E-state index in [9.17, 15) is 9.90 Å². The van der Waals surface area contributed by atoms with Gasteiger partial charge in [-0.2, -0.15) is 0 Å². The fraction of sp³-hybridized carbons (Fsp3) is 0.417. The number of para-hydroxylation sites is 1. The maximum Gasteiger partial charge on any atom is 0.314 e. The van der Waals surface area contributed by atoms with Gasteiger partial charge in [-0.05, 0) is 31.9 Å². The van der Waals surface area contributed by atoms with Crippen LogP contribution in [0.5, 0.6) is 5.75 Å². The van der Waals surface area contributed by atoms with Crippen LogP contribution in [-0.4, -0.2) is 23.7 Å². The second kappa shape index (κ2) is 6.00. The molecular formula is C12H18N2O2. The van der Waals surface area contributed by atoms with Crippen LogP contribution in [0.2, 0.25) is 0 Å². The minimum atomic E-state index is -0.176. The third-order valence-corrected chi connectivity index (χ3v) is 2.09. The van der Waals surface area contributed by atoms with Crippen molar-refractivity contribution in [1.82, 2.24) is 10.6 Å². The molecule has 0 saturated heterocycles. The zero-order valence-corrected chi connectivity index (χ0v) is 9.66. The maximum atomic E-state index is 11.2. The Hall–Kier alpha value is -1.71. The van der Waals surface area contributed by atoms with Gasteiger partial charge < -0.3 is 15.7 Å². The Bertz CT molecular complexity index is 351. The van der Waals surface area contributed by atoms with Crippen molar-refractivity contribution in [2.24, 2.45) is 0 Å². The number of rotatable bonds is 4. The van der Waals surface area contributed by atoms with Gasteiger partial charge in [0.2, 0.25) is 0 Å². The molecule has 1 aromatic rings. The molecule has 0 heterocycles. The topological polar surface area (TPSA) is 61.4 Å². The van der Waals surface area contributed by atoms with Gasteiger partial charge in [0.15, 0.2) is 0 Å². The van der Waals surface area contributed by atoms with Gasteiger partial charge in [0.05, 0.1) is 0 Å². The van der Waals surface area contributed by atoms with Crippen molar-refractivity contribution in [3.05, 3.63) is 29.8 Å². The lowest BCUT2D eigenvalue weighted by molar-refractivity contribution is 0.238. The molecule has 0 aliphatic rings. The Kier molecular flexibility index (Phi) is 4.64. The molecule has 0 radical (unpaired) electrons. The summed E-state index contributed by atoms with van der Waals surface area (Å²) in [5, 5.41) is 15.0. The first-order valence-corrected chi connectivity index (χ1v) is 5.41. The molecule has 16 heavy (non-hydrogen) atoms. The van der Waals surface area contributed by atoms with Crippen molar-refractivity contribution >= 4 is 6.03 Å². The summed E-state index contributed by atoms with van der Waals surface area (Å²) in [5.74, 6) is 0.272. The van der Waals surface area contributed by atoms with Gasteiger partial charge in [0.25, 0.3) is 0 Å². The summed E-state index contributed by atoms with van der Waals surface area (Å²) in [6, 6.07) is 7.08. The van der Waals surface area contributed by atoms with Crippen molar-refractivity contribution < 1.29 is 9.90 Å². The van der Waals surface area contributed by atoms with Gasteiger partial charge in [0, 0.05) is 12.6 Å². The van der Waals surface area contributed by atoms with Crippen molar-refractivity contribution in [3.63, 3.8) is 0 Å². The van der Waals surface area contributed by atoms with Crippen molar-refractivity contribution in [2.75, 3.05) is 6.54 Å². The summed E-state index contributed by atoms with van der Waals surface area (Å²) >= 11 is 0. The van der Waals surface area contributed by atoms with Crippen molar-refractivity contribution in [1.29, 1.82) is 0 Å². The van der Waals surface area contributed by atoms with Crippen LogP contribution in [0.25, 0.3) is 0 Å².